The molecule has 3 aromatic rings. The first-order chi connectivity index (χ1) is 12.8. The Labute approximate surface area is 150 Å². The first-order valence-corrected chi connectivity index (χ1v) is 8.31. The van der Waals surface area contributed by atoms with Gasteiger partial charge in [0.05, 0.1) is 11.9 Å². The van der Waals surface area contributed by atoms with Crippen LogP contribution in [0, 0.1) is 0 Å². The molecule has 1 aliphatic rings. The molecular formula is C19H18N4O3. The van der Waals surface area contributed by atoms with E-state index in [4.69, 9.17) is 9.47 Å². The number of nitrogens with one attached hydrogen (secondary N) is 2. The highest BCUT2D eigenvalue weighted by Crippen LogP contribution is 2.34. The van der Waals surface area contributed by atoms with Gasteiger partial charge in [0.15, 0.2) is 11.5 Å². The van der Waals surface area contributed by atoms with Crippen molar-refractivity contribution in [3.8, 4) is 17.2 Å². The fourth-order valence-corrected chi connectivity index (χ4v) is 2.68. The van der Waals surface area contributed by atoms with Crippen molar-refractivity contribution < 1.29 is 14.3 Å². The average Bonchev–Trinajstić information content (AvgIpc) is 3.31. The number of carbonyl (C=O) groups is 1. The molecule has 0 radical (unpaired) electrons. The topological polar surface area (TPSA) is 77.4 Å². The van der Waals surface area contributed by atoms with Gasteiger partial charge in [-0.05, 0) is 36.2 Å². The lowest BCUT2D eigenvalue weighted by atomic mass is 10.2. The molecule has 2 N–H and O–H groups in total. The Hall–Kier alpha value is -3.48. The van der Waals surface area contributed by atoms with Crippen molar-refractivity contribution in [1.82, 2.24) is 15.1 Å². The molecule has 1 aliphatic heterocycles. The van der Waals surface area contributed by atoms with Gasteiger partial charge in [-0.2, -0.15) is 5.10 Å². The summed E-state index contributed by atoms with van der Waals surface area (Å²) in [6, 6.07) is 14.9. The van der Waals surface area contributed by atoms with Crippen molar-refractivity contribution in [3.63, 3.8) is 0 Å². The summed E-state index contributed by atoms with van der Waals surface area (Å²) in [5.74, 6) is 1.32. The maximum absolute atomic E-state index is 12.0. The van der Waals surface area contributed by atoms with Gasteiger partial charge in [-0.3, -0.25) is 0 Å². The number of nitrogens with zero attached hydrogens (tertiary/aromatic N) is 2. The number of fused-ring (bicyclic) bond motifs is 1. The Morgan fingerprint density at radius 2 is 1.96 bits per heavy atom. The lowest BCUT2D eigenvalue weighted by Crippen LogP contribution is -2.30. The number of hydrogen-bond donors (Lipinski definition) is 2. The number of rotatable bonds is 5. The lowest BCUT2D eigenvalue weighted by Gasteiger charge is -2.07. The maximum Gasteiger partial charge on any atom is 0.319 e. The molecule has 1 aromatic heterocycles. The van der Waals surface area contributed by atoms with Crippen LogP contribution in [0.4, 0.5) is 10.5 Å². The van der Waals surface area contributed by atoms with E-state index in [0.29, 0.717) is 30.2 Å². The largest absolute Gasteiger partial charge is 0.454 e. The van der Waals surface area contributed by atoms with Crippen LogP contribution in [-0.4, -0.2) is 29.1 Å². The Morgan fingerprint density at radius 3 is 2.85 bits per heavy atom. The Balaban J connectivity index is 1.27. The van der Waals surface area contributed by atoms with E-state index in [1.165, 1.54) is 0 Å². The number of carbonyl (C=O) groups excluding carboxylic acids is 1. The van der Waals surface area contributed by atoms with Gasteiger partial charge < -0.3 is 20.1 Å². The summed E-state index contributed by atoms with van der Waals surface area (Å²) < 4.78 is 12.4. The predicted molar refractivity (Wildman–Crippen MR) is 96.9 cm³/mol. The molecule has 0 saturated carbocycles. The molecule has 0 unspecified atom stereocenters. The Morgan fingerprint density at radius 1 is 1.12 bits per heavy atom. The Bertz CT molecular complexity index is 908. The lowest BCUT2D eigenvalue weighted by molar-refractivity contribution is 0.174. The third kappa shape index (κ3) is 3.61. The minimum atomic E-state index is -0.265. The molecule has 7 nitrogen and oxygen atoms in total. The molecule has 0 atom stereocenters. The molecule has 0 aliphatic carbocycles. The summed E-state index contributed by atoms with van der Waals surface area (Å²) in [7, 11) is 0. The SMILES string of the molecule is O=C(NCCc1cnn(-c2ccccc2)c1)Nc1ccc2c(c1)OCO2. The molecule has 26 heavy (non-hydrogen) atoms. The van der Waals surface area contributed by atoms with Crippen molar-refractivity contribution in [3.05, 3.63) is 66.5 Å². The average molecular weight is 350 g/mol. The van der Waals surface area contributed by atoms with Crippen LogP contribution in [0.1, 0.15) is 5.56 Å². The van der Waals surface area contributed by atoms with E-state index in [-0.39, 0.29) is 12.8 Å². The number of urea groups is 1. The third-order valence-corrected chi connectivity index (χ3v) is 3.99. The monoisotopic (exact) mass is 350 g/mol. The van der Waals surface area contributed by atoms with E-state index in [1.54, 1.807) is 18.2 Å². The smallest absolute Gasteiger partial charge is 0.319 e. The summed E-state index contributed by atoms with van der Waals surface area (Å²) in [6.07, 6.45) is 4.47. The second-order valence-electron chi connectivity index (χ2n) is 5.83. The van der Waals surface area contributed by atoms with Crippen LogP contribution in [-0.2, 0) is 6.42 Å². The van der Waals surface area contributed by atoms with Crippen LogP contribution in [0.15, 0.2) is 60.9 Å². The summed E-state index contributed by atoms with van der Waals surface area (Å²) in [4.78, 5) is 12.0. The van der Waals surface area contributed by atoms with Gasteiger partial charge in [0, 0.05) is 24.5 Å². The van der Waals surface area contributed by atoms with Crippen LogP contribution < -0.4 is 20.1 Å². The van der Waals surface area contributed by atoms with Crippen molar-refractivity contribution in [2.45, 2.75) is 6.42 Å². The number of benzene rings is 2. The molecule has 2 amide bonds. The molecular weight excluding hydrogens is 332 g/mol. The van der Waals surface area contributed by atoms with Gasteiger partial charge in [-0.15, -0.1) is 0 Å². The van der Waals surface area contributed by atoms with Gasteiger partial charge in [0.25, 0.3) is 0 Å². The summed E-state index contributed by atoms with van der Waals surface area (Å²) in [5.41, 5.74) is 2.72. The van der Waals surface area contributed by atoms with E-state index in [9.17, 15) is 4.79 Å². The molecule has 0 bridgehead atoms. The molecule has 0 spiro atoms. The zero-order valence-corrected chi connectivity index (χ0v) is 14.0. The van der Waals surface area contributed by atoms with Crippen LogP contribution in [0.5, 0.6) is 11.5 Å². The van der Waals surface area contributed by atoms with Gasteiger partial charge in [-0.25, -0.2) is 9.48 Å². The van der Waals surface area contributed by atoms with Gasteiger partial charge in [0.1, 0.15) is 0 Å². The molecule has 7 heteroatoms. The van der Waals surface area contributed by atoms with Gasteiger partial charge in [0.2, 0.25) is 6.79 Å². The Kier molecular flexibility index (Phi) is 4.42. The summed E-state index contributed by atoms with van der Waals surface area (Å²) in [6.45, 7) is 0.721. The maximum atomic E-state index is 12.0. The molecule has 2 aromatic carbocycles. The van der Waals surface area contributed by atoms with Crippen LogP contribution in [0.3, 0.4) is 0 Å². The van der Waals surface area contributed by atoms with E-state index in [1.807, 2.05) is 47.4 Å². The van der Waals surface area contributed by atoms with Crippen molar-refractivity contribution in [1.29, 1.82) is 0 Å². The highest BCUT2D eigenvalue weighted by atomic mass is 16.7. The van der Waals surface area contributed by atoms with Crippen molar-refractivity contribution in [2.24, 2.45) is 0 Å². The first kappa shape index (κ1) is 16.0. The number of hydrogen-bond acceptors (Lipinski definition) is 4. The van der Waals surface area contributed by atoms with Gasteiger partial charge >= 0.3 is 6.03 Å². The minimum Gasteiger partial charge on any atom is -0.454 e. The fourth-order valence-electron chi connectivity index (χ4n) is 2.68. The molecule has 4 rings (SSSR count). The highest BCUT2D eigenvalue weighted by molar-refractivity contribution is 5.89. The second-order valence-corrected chi connectivity index (χ2v) is 5.83. The molecule has 2 heterocycles. The number of para-hydroxylation sites is 1. The zero-order valence-electron chi connectivity index (χ0n) is 14.0. The van der Waals surface area contributed by atoms with Crippen molar-refractivity contribution >= 4 is 11.7 Å². The van der Waals surface area contributed by atoms with Crippen LogP contribution in [0.2, 0.25) is 0 Å². The zero-order chi connectivity index (χ0) is 17.8. The molecule has 132 valence electrons. The summed E-state index contributed by atoms with van der Waals surface area (Å²) in [5, 5.41) is 9.97. The third-order valence-electron chi connectivity index (χ3n) is 3.99. The number of anilines is 1. The minimum absolute atomic E-state index is 0.210. The second kappa shape index (κ2) is 7.18. The van der Waals surface area contributed by atoms with Gasteiger partial charge in [-0.1, -0.05) is 18.2 Å². The highest BCUT2D eigenvalue weighted by Gasteiger charge is 2.14. The fraction of sp³-hybridized carbons (Fsp3) is 0.158. The molecule has 0 fully saturated rings. The summed E-state index contributed by atoms with van der Waals surface area (Å²) >= 11 is 0. The number of amides is 2. The predicted octanol–water partition coefficient (Wildman–Crippen LogP) is 2.97. The number of aromatic nitrogens is 2. The molecule has 0 saturated heterocycles. The van der Waals surface area contributed by atoms with E-state index < -0.39 is 0 Å². The van der Waals surface area contributed by atoms with E-state index in [0.717, 1.165) is 11.3 Å². The van der Waals surface area contributed by atoms with E-state index >= 15 is 0 Å². The van der Waals surface area contributed by atoms with E-state index in [2.05, 4.69) is 15.7 Å². The van der Waals surface area contributed by atoms with Crippen molar-refractivity contribution in [2.75, 3.05) is 18.7 Å². The van der Waals surface area contributed by atoms with Crippen LogP contribution in [0.25, 0.3) is 5.69 Å². The standard InChI is InChI=1S/C19H18N4O3/c24-19(22-15-6-7-17-18(10-15)26-13-25-17)20-9-8-14-11-21-23(12-14)16-4-2-1-3-5-16/h1-7,10-12H,8-9,13H2,(H2,20,22,24). The first-order valence-electron chi connectivity index (χ1n) is 8.31. The number of ether oxygens (including phenoxy) is 2. The normalized spacial score (nSPS) is 12.0. The quantitative estimate of drug-likeness (QED) is 0.742. The van der Waals surface area contributed by atoms with Crippen LogP contribution >= 0.6 is 0 Å².